The van der Waals surface area contributed by atoms with Crippen molar-refractivity contribution in [2.24, 2.45) is 0 Å². The molecular weight excluding hydrogens is 234 g/mol. The average molecular weight is 261 g/mol. The van der Waals surface area contributed by atoms with Gasteiger partial charge in [0.1, 0.15) is 5.75 Å². The van der Waals surface area contributed by atoms with Gasteiger partial charge in [0.05, 0.1) is 7.11 Å². The number of likely N-dealkylation sites (tertiary alicyclic amines) is 1. The van der Waals surface area contributed by atoms with Gasteiger partial charge in [-0.3, -0.25) is 0 Å². The van der Waals surface area contributed by atoms with E-state index in [0.29, 0.717) is 5.41 Å². The lowest BCUT2D eigenvalue weighted by Gasteiger charge is -2.30. The van der Waals surface area contributed by atoms with Crippen LogP contribution in [-0.2, 0) is 5.41 Å². The molecule has 1 aromatic rings. The SMILES string of the molecule is CCCN1CCC(CCC)(c2cccc(OC)c2)C1. The predicted octanol–water partition coefficient (Wildman–Crippen LogP) is 3.85. The Balaban J connectivity index is 2.24. The monoisotopic (exact) mass is 261 g/mol. The highest BCUT2D eigenvalue weighted by Crippen LogP contribution is 2.39. The molecule has 1 unspecified atom stereocenters. The van der Waals surface area contributed by atoms with Gasteiger partial charge in [-0.1, -0.05) is 32.4 Å². The number of methoxy groups -OCH3 is 1. The minimum Gasteiger partial charge on any atom is -0.497 e. The topological polar surface area (TPSA) is 12.5 Å². The first-order chi connectivity index (χ1) is 9.24. The lowest BCUT2D eigenvalue weighted by molar-refractivity contribution is 0.301. The number of nitrogens with zero attached hydrogens (tertiary/aromatic N) is 1. The van der Waals surface area contributed by atoms with Crippen molar-refractivity contribution in [3.63, 3.8) is 0 Å². The fraction of sp³-hybridized carbons (Fsp3) is 0.647. The lowest BCUT2D eigenvalue weighted by atomic mass is 9.76. The zero-order valence-electron chi connectivity index (χ0n) is 12.6. The second-order valence-electron chi connectivity index (χ2n) is 5.79. The molecule has 1 aliphatic heterocycles. The van der Waals surface area contributed by atoms with Gasteiger partial charge in [0.2, 0.25) is 0 Å². The molecular formula is C17H27NO. The second kappa shape index (κ2) is 6.42. The van der Waals surface area contributed by atoms with Crippen LogP contribution in [0.4, 0.5) is 0 Å². The van der Waals surface area contributed by atoms with Crippen molar-refractivity contribution in [2.75, 3.05) is 26.7 Å². The first-order valence-electron chi connectivity index (χ1n) is 7.61. The molecule has 0 aliphatic carbocycles. The van der Waals surface area contributed by atoms with Gasteiger partial charge in [0, 0.05) is 12.0 Å². The molecule has 0 radical (unpaired) electrons. The highest BCUT2D eigenvalue weighted by atomic mass is 16.5. The van der Waals surface area contributed by atoms with Crippen LogP contribution in [0.15, 0.2) is 24.3 Å². The van der Waals surface area contributed by atoms with E-state index >= 15 is 0 Å². The normalized spacial score (nSPS) is 23.7. The molecule has 0 saturated carbocycles. The molecule has 2 rings (SSSR count). The molecule has 1 fully saturated rings. The molecule has 1 aromatic carbocycles. The summed E-state index contributed by atoms with van der Waals surface area (Å²) in [4.78, 5) is 2.62. The Kier molecular flexibility index (Phi) is 4.87. The molecule has 1 heterocycles. The molecule has 1 saturated heterocycles. The van der Waals surface area contributed by atoms with E-state index in [1.54, 1.807) is 7.11 Å². The molecule has 0 bridgehead atoms. The quantitative estimate of drug-likeness (QED) is 0.771. The summed E-state index contributed by atoms with van der Waals surface area (Å²) < 4.78 is 5.40. The first kappa shape index (κ1) is 14.4. The molecule has 0 N–H and O–H groups in total. The maximum absolute atomic E-state index is 5.40. The number of benzene rings is 1. The van der Waals surface area contributed by atoms with Crippen LogP contribution in [0.2, 0.25) is 0 Å². The van der Waals surface area contributed by atoms with E-state index in [1.807, 2.05) is 6.07 Å². The van der Waals surface area contributed by atoms with E-state index in [4.69, 9.17) is 4.74 Å². The van der Waals surface area contributed by atoms with Crippen LogP contribution >= 0.6 is 0 Å². The summed E-state index contributed by atoms with van der Waals surface area (Å²) in [5.74, 6) is 0.988. The summed E-state index contributed by atoms with van der Waals surface area (Å²) in [6.07, 6.45) is 5.06. The number of ether oxygens (including phenoxy) is 1. The zero-order valence-corrected chi connectivity index (χ0v) is 12.6. The van der Waals surface area contributed by atoms with Crippen molar-refractivity contribution in [3.8, 4) is 5.75 Å². The summed E-state index contributed by atoms with van der Waals surface area (Å²) in [7, 11) is 1.75. The average Bonchev–Trinajstić information content (AvgIpc) is 2.84. The van der Waals surface area contributed by atoms with Crippen LogP contribution in [0.3, 0.4) is 0 Å². The van der Waals surface area contributed by atoms with Crippen LogP contribution in [0.25, 0.3) is 0 Å². The zero-order chi connectivity index (χ0) is 13.7. The molecule has 1 aliphatic rings. The van der Waals surface area contributed by atoms with Gasteiger partial charge >= 0.3 is 0 Å². The van der Waals surface area contributed by atoms with Crippen LogP contribution in [-0.4, -0.2) is 31.6 Å². The second-order valence-corrected chi connectivity index (χ2v) is 5.79. The van der Waals surface area contributed by atoms with Crippen LogP contribution < -0.4 is 4.74 Å². The fourth-order valence-electron chi connectivity index (χ4n) is 3.48. The van der Waals surface area contributed by atoms with Gasteiger partial charge in [-0.25, -0.2) is 0 Å². The van der Waals surface area contributed by atoms with Crippen molar-refractivity contribution in [3.05, 3.63) is 29.8 Å². The molecule has 2 nitrogen and oxygen atoms in total. The summed E-state index contributed by atoms with van der Waals surface area (Å²) in [5.41, 5.74) is 1.81. The fourth-order valence-corrected chi connectivity index (χ4v) is 3.48. The Morgan fingerprint density at radius 3 is 2.79 bits per heavy atom. The minimum atomic E-state index is 0.346. The largest absolute Gasteiger partial charge is 0.497 e. The Morgan fingerprint density at radius 1 is 1.26 bits per heavy atom. The summed E-state index contributed by atoms with van der Waals surface area (Å²) in [6.45, 7) is 8.25. The Bertz CT molecular complexity index is 404. The van der Waals surface area contributed by atoms with E-state index in [1.165, 1.54) is 50.9 Å². The smallest absolute Gasteiger partial charge is 0.119 e. The third kappa shape index (κ3) is 3.11. The van der Waals surface area contributed by atoms with Crippen molar-refractivity contribution < 1.29 is 4.74 Å². The predicted molar refractivity (Wildman–Crippen MR) is 80.9 cm³/mol. The van der Waals surface area contributed by atoms with E-state index in [-0.39, 0.29) is 0 Å². The van der Waals surface area contributed by atoms with Crippen LogP contribution in [0, 0.1) is 0 Å². The maximum Gasteiger partial charge on any atom is 0.119 e. The third-order valence-electron chi connectivity index (χ3n) is 4.38. The molecule has 19 heavy (non-hydrogen) atoms. The van der Waals surface area contributed by atoms with Gasteiger partial charge < -0.3 is 9.64 Å². The Morgan fingerprint density at radius 2 is 2.11 bits per heavy atom. The maximum atomic E-state index is 5.40. The molecule has 0 spiro atoms. The van der Waals surface area contributed by atoms with Gasteiger partial charge in [-0.05, 0) is 50.0 Å². The first-order valence-corrected chi connectivity index (χ1v) is 7.61. The number of hydrogen-bond acceptors (Lipinski definition) is 2. The third-order valence-corrected chi connectivity index (χ3v) is 4.38. The minimum absolute atomic E-state index is 0.346. The summed E-state index contributed by atoms with van der Waals surface area (Å²) in [5, 5.41) is 0. The van der Waals surface area contributed by atoms with Crippen LogP contribution in [0.1, 0.15) is 45.1 Å². The summed E-state index contributed by atoms with van der Waals surface area (Å²) in [6, 6.07) is 8.70. The highest BCUT2D eigenvalue weighted by Gasteiger charge is 2.38. The molecule has 0 amide bonds. The highest BCUT2D eigenvalue weighted by molar-refractivity contribution is 5.35. The number of hydrogen-bond donors (Lipinski definition) is 0. The van der Waals surface area contributed by atoms with Gasteiger partial charge in [0.15, 0.2) is 0 Å². The van der Waals surface area contributed by atoms with E-state index < -0.39 is 0 Å². The lowest BCUT2D eigenvalue weighted by Crippen LogP contribution is -2.31. The number of rotatable bonds is 6. The molecule has 106 valence electrons. The van der Waals surface area contributed by atoms with Crippen molar-refractivity contribution in [2.45, 2.75) is 44.9 Å². The van der Waals surface area contributed by atoms with Crippen molar-refractivity contribution in [1.29, 1.82) is 0 Å². The molecule has 2 heteroatoms. The van der Waals surface area contributed by atoms with Gasteiger partial charge in [-0.2, -0.15) is 0 Å². The van der Waals surface area contributed by atoms with E-state index in [2.05, 4.69) is 36.9 Å². The van der Waals surface area contributed by atoms with Gasteiger partial charge in [0.25, 0.3) is 0 Å². The van der Waals surface area contributed by atoms with E-state index in [0.717, 1.165) is 5.75 Å². The molecule has 0 aromatic heterocycles. The molecule has 1 atom stereocenters. The van der Waals surface area contributed by atoms with Crippen LogP contribution in [0.5, 0.6) is 5.75 Å². The van der Waals surface area contributed by atoms with E-state index in [9.17, 15) is 0 Å². The van der Waals surface area contributed by atoms with Gasteiger partial charge in [-0.15, -0.1) is 0 Å². The summed E-state index contributed by atoms with van der Waals surface area (Å²) >= 11 is 0. The van der Waals surface area contributed by atoms with Crippen molar-refractivity contribution in [1.82, 2.24) is 4.90 Å². The standard InChI is InChI=1S/C17H27NO/c1-4-9-17(10-12-18(14-17)11-5-2)15-7-6-8-16(13-15)19-3/h6-8,13H,4-5,9-12,14H2,1-3H3. The Labute approximate surface area is 117 Å². The van der Waals surface area contributed by atoms with Crippen molar-refractivity contribution >= 4 is 0 Å². The Hall–Kier alpha value is -1.02.